The Morgan fingerprint density at radius 3 is 2.30 bits per heavy atom. The van der Waals surface area contributed by atoms with Crippen LogP contribution >= 0.6 is 0 Å². The summed E-state index contributed by atoms with van der Waals surface area (Å²) in [6.45, 7) is 26.5. The summed E-state index contributed by atoms with van der Waals surface area (Å²) in [5.74, 6) is 0.217. The molecule has 0 aromatic heterocycles. The fourth-order valence-corrected chi connectivity index (χ4v) is 7.01. The van der Waals surface area contributed by atoms with E-state index in [0.717, 1.165) is 18.4 Å². The molecule has 0 bridgehead atoms. The Balaban J connectivity index is 2.50. The molecule has 0 aliphatic carbocycles. The van der Waals surface area contributed by atoms with E-state index in [1.165, 1.54) is 6.08 Å². The number of fused-ring (bicyclic) bond motifs is 1. The number of nitrogens with one attached hydrogen (secondary N) is 1. The number of hydrogen-bond donors (Lipinski definition) is 1. The first-order chi connectivity index (χ1) is 21.3. The largest absolute Gasteiger partial charge is 0.543 e. The van der Waals surface area contributed by atoms with Crippen LogP contribution in [0.4, 0.5) is 0 Å². The van der Waals surface area contributed by atoms with Crippen LogP contribution in [0.3, 0.4) is 0 Å². The van der Waals surface area contributed by atoms with Crippen LogP contribution in [0.1, 0.15) is 97.0 Å². The second-order valence-electron chi connectivity index (χ2n) is 15.6. The van der Waals surface area contributed by atoms with Gasteiger partial charge in [0.15, 0.2) is 8.32 Å². The molecule has 46 heavy (non-hydrogen) atoms. The minimum absolute atomic E-state index is 0.0331. The standard InChI is InChI=1S/C38H61NO5Si2/c1-13-14-15-16-26-34(40)39-27-20-24-31-28-33(44-46(11,12)38(6,7)8)29(2)21-17-18-22-30-23-19-25-32(35(30)36(41)42-31)43-45(9,10)37(3,4)5/h14-20,23,25-27,29,31,33H,13,21-22,24,28H2,1-12H3,(H,39,40)/t29-,31-,33+/m0/s1. The fraction of sp³-hybridized carbons (Fsp3) is 0.579. The number of amides is 1. The van der Waals surface area contributed by atoms with Gasteiger partial charge in [-0.05, 0) is 73.1 Å². The van der Waals surface area contributed by atoms with Crippen LogP contribution in [0.2, 0.25) is 36.3 Å². The van der Waals surface area contributed by atoms with Gasteiger partial charge in [0.1, 0.15) is 17.4 Å². The van der Waals surface area contributed by atoms with Crippen molar-refractivity contribution in [1.82, 2.24) is 5.32 Å². The van der Waals surface area contributed by atoms with Gasteiger partial charge in [-0.1, -0.05) is 104 Å². The summed E-state index contributed by atoms with van der Waals surface area (Å²) in [6.07, 6.45) is 17.7. The van der Waals surface area contributed by atoms with Gasteiger partial charge in [-0.2, -0.15) is 0 Å². The van der Waals surface area contributed by atoms with Gasteiger partial charge >= 0.3 is 5.97 Å². The summed E-state index contributed by atoms with van der Waals surface area (Å²) in [5, 5.41) is 2.80. The van der Waals surface area contributed by atoms with Crippen molar-refractivity contribution in [2.75, 3.05) is 0 Å². The molecule has 0 saturated heterocycles. The summed E-state index contributed by atoms with van der Waals surface area (Å²) < 4.78 is 20.1. The third kappa shape index (κ3) is 11.8. The highest BCUT2D eigenvalue weighted by Crippen LogP contribution is 2.41. The molecule has 0 saturated carbocycles. The number of carbonyl (C=O) groups is 2. The van der Waals surface area contributed by atoms with E-state index in [4.69, 9.17) is 13.6 Å². The zero-order chi connectivity index (χ0) is 34.8. The van der Waals surface area contributed by atoms with Crippen molar-refractivity contribution in [2.45, 2.75) is 136 Å². The van der Waals surface area contributed by atoms with Gasteiger partial charge in [0.25, 0.3) is 8.32 Å². The van der Waals surface area contributed by atoms with Crippen LogP contribution in [0.25, 0.3) is 0 Å². The van der Waals surface area contributed by atoms with Gasteiger partial charge < -0.3 is 18.9 Å². The maximum atomic E-state index is 14.2. The number of rotatable bonds is 10. The maximum absolute atomic E-state index is 14.2. The summed E-state index contributed by atoms with van der Waals surface area (Å²) in [4.78, 5) is 26.4. The van der Waals surface area contributed by atoms with Gasteiger partial charge in [-0.3, -0.25) is 4.79 Å². The molecule has 1 aromatic rings. The van der Waals surface area contributed by atoms with Crippen molar-refractivity contribution in [3.05, 3.63) is 78.1 Å². The second kappa shape index (κ2) is 16.9. The molecule has 1 aromatic carbocycles. The van der Waals surface area contributed by atoms with E-state index in [0.29, 0.717) is 30.6 Å². The third-order valence-corrected chi connectivity index (χ3v) is 18.5. The van der Waals surface area contributed by atoms with E-state index in [1.807, 2.05) is 43.4 Å². The summed E-state index contributed by atoms with van der Waals surface area (Å²) in [6, 6.07) is 5.86. The van der Waals surface area contributed by atoms with Gasteiger partial charge in [0, 0.05) is 25.1 Å². The quantitative estimate of drug-likeness (QED) is 0.0884. The van der Waals surface area contributed by atoms with Gasteiger partial charge in [0.05, 0.1) is 6.10 Å². The number of esters is 1. The van der Waals surface area contributed by atoms with Crippen molar-refractivity contribution in [1.29, 1.82) is 0 Å². The Kier molecular flexibility index (Phi) is 14.5. The molecule has 3 atom stereocenters. The molecule has 1 heterocycles. The van der Waals surface area contributed by atoms with E-state index in [2.05, 4.69) is 92.1 Å². The van der Waals surface area contributed by atoms with Crippen molar-refractivity contribution in [3.8, 4) is 5.75 Å². The molecule has 256 valence electrons. The molecule has 1 aliphatic heterocycles. The van der Waals surface area contributed by atoms with E-state index >= 15 is 0 Å². The number of cyclic esters (lactones) is 1. The topological polar surface area (TPSA) is 73.9 Å². The number of benzene rings is 1. The van der Waals surface area contributed by atoms with Crippen LogP contribution in [-0.2, 0) is 20.4 Å². The zero-order valence-electron chi connectivity index (χ0n) is 30.7. The molecular formula is C38H61NO5Si2. The minimum Gasteiger partial charge on any atom is -0.543 e. The molecule has 1 amide bonds. The molecule has 0 radical (unpaired) electrons. The molecule has 2 rings (SSSR count). The monoisotopic (exact) mass is 667 g/mol. The number of allylic oxidation sites excluding steroid dienone is 5. The highest BCUT2D eigenvalue weighted by atomic mass is 28.4. The molecule has 0 unspecified atom stereocenters. The lowest BCUT2D eigenvalue weighted by molar-refractivity contribution is -0.115. The lowest BCUT2D eigenvalue weighted by Gasteiger charge is -2.41. The lowest BCUT2D eigenvalue weighted by atomic mass is 9.93. The average Bonchev–Trinajstić information content (AvgIpc) is 2.93. The van der Waals surface area contributed by atoms with Crippen molar-refractivity contribution < 1.29 is 23.2 Å². The first-order valence-electron chi connectivity index (χ1n) is 16.9. The normalized spacial score (nSPS) is 20.8. The van der Waals surface area contributed by atoms with Gasteiger partial charge in [-0.15, -0.1) is 0 Å². The van der Waals surface area contributed by atoms with E-state index in [1.54, 1.807) is 12.3 Å². The number of carbonyl (C=O) groups excluding carboxylic acids is 2. The summed E-state index contributed by atoms with van der Waals surface area (Å²) >= 11 is 0. The number of ether oxygens (including phenoxy) is 1. The summed E-state index contributed by atoms with van der Waals surface area (Å²) in [5.41, 5.74) is 1.39. The van der Waals surface area contributed by atoms with Crippen LogP contribution in [0, 0.1) is 5.92 Å². The Morgan fingerprint density at radius 1 is 1.00 bits per heavy atom. The first kappa shape index (κ1) is 39.5. The van der Waals surface area contributed by atoms with Crippen molar-refractivity contribution >= 4 is 28.5 Å². The highest BCUT2D eigenvalue weighted by Gasteiger charge is 2.42. The van der Waals surface area contributed by atoms with Crippen molar-refractivity contribution in [2.24, 2.45) is 5.92 Å². The predicted octanol–water partition coefficient (Wildman–Crippen LogP) is 10.1. The van der Waals surface area contributed by atoms with E-state index in [-0.39, 0.29) is 34.0 Å². The van der Waals surface area contributed by atoms with Crippen molar-refractivity contribution in [3.63, 3.8) is 0 Å². The van der Waals surface area contributed by atoms with E-state index < -0.39 is 22.7 Å². The fourth-order valence-electron chi connectivity index (χ4n) is 4.54. The lowest BCUT2D eigenvalue weighted by Crippen LogP contribution is -2.46. The maximum Gasteiger partial charge on any atom is 0.342 e. The SMILES string of the molecule is CCC=CC=CC(=O)NC=CC[C@H]1C[C@@H](O[Si](C)(C)C(C)(C)C)[C@@H](C)CC=CCc2cccc(O[Si](C)(C)C(C)(C)C)c2C(=O)O1. The smallest absolute Gasteiger partial charge is 0.342 e. The Hall–Kier alpha value is -2.69. The predicted molar refractivity (Wildman–Crippen MR) is 197 cm³/mol. The summed E-state index contributed by atoms with van der Waals surface area (Å²) in [7, 11) is -4.36. The highest BCUT2D eigenvalue weighted by molar-refractivity contribution is 6.75. The zero-order valence-corrected chi connectivity index (χ0v) is 32.7. The molecule has 0 spiro atoms. The van der Waals surface area contributed by atoms with Gasteiger partial charge in [0.2, 0.25) is 5.91 Å². The second-order valence-corrected chi connectivity index (χ2v) is 25.0. The number of hydrogen-bond acceptors (Lipinski definition) is 5. The first-order valence-corrected chi connectivity index (χ1v) is 22.7. The van der Waals surface area contributed by atoms with Crippen LogP contribution < -0.4 is 9.74 Å². The molecule has 1 N–H and O–H groups in total. The Bertz CT molecular complexity index is 1280. The molecule has 1 aliphatic rings. The average molecular weight is 668 g/mol. The minimum atomic E-state index is -2.24. The van der Waals surface area contributed by atoms with Gasteiger partial charge in [-0.25, -0.2) is 4.79 Å². The van der Waals surface area contributed by atoms with E-state index in [9.17, 15) is 9.59 Å². The molecular weight excluding hydrogens is 607 g/mol. The Labute approximate surface area is 282 Å². The molecule has 0 fully saturated rings. The Morgan fingerprint density at radius 2 is 1.67 bits per heavy atom. The van der Waals surface area contributed by atoms with Crippen LogP contribution in [-0.4, -0.2) is 40.7 Å². The third-order valence-electron chi connectivity index (χ3n) is 9.63. The van der Waals surface area contributed by atoms with Crippen LogP contribution in [0.5, 0.6) is 5.75 Å². The molecule has 8 heteroatoms. The van der Waals surface area contributed by atoms with Crippen LogP contribution in [0.15, 0.2) is 66.9 Å². The molecule has 6 nitrogen and oxygen atoms in total.